The number of rotatable bonds is 13. The molecule has 0 aliphatic heterocycles. The molecule has 3 amide bonds. The average Bonchev–Trinajstić information content (AvgIpc) is 2.88. The van der Waals surface area contributed by atoms with E-state index in [1.165, 1.54) is 0 Å². The van der Waals surface area contributed by atoms with E-state index in [0.717, 1.165) is 35.1 Å². The van der Waals surface area contributed by atoms with Crippen molar-refractivity contribution in [3.05, 3.63) is 63.7 Å². The molecule has 0 heterocycles. The lowest BCUT2D eigenvalue weighted by molar-refractivity contribution is -0.141. The highest BCUT2D eigenvalue weighted by Gasteiger charge is 2.37. The van der Waals surface area contributed by atoms with E-state index in [-0.39, 0.29) is 11.8 Å². The molecule has 0 fully saturated rings. The van der Waals surface area contributed by atoms with Crippen molar-refractivity contribution in [3.8, 4) is 0 Å². The lowest BCUT2D eigenvalue weighted by atomic mass is 9.95. The number of halogens is 1. The van der Waals surface area contributed by atoms with E-state index in [9.17, 15) is 14.4 Å². The summed E-state index contributed by atoms with van der Waals surface area (Å²) < 4.78 is 5.49. The summed E-state index contributed by atoms with van der Waals surface area (Å²) in [6.45, 7) is 13.6. The first kappa shape index (κ1) is 34.5. The molecule has 41 heavy (non-hydrogen) atoms. The maximum absolute atomic E-state index is 14.4. The summed E-state index contributed by atoms with van der Waals surface area (Å²) in [5, 5.41) is 6.24. The number of thioether (sulfide) groups is 1. The van der Waals surface area contributed by atoms with Gasteiger partial charge in [0.2, 0.25) is 5.91 Å². The summed E-state index contributed by atoms with van der Waals surface area (Å²) in [5.41, 5.74) is 3.22. The highest BCUT2D eigenvalue weighted by Crippen LogP contribution is 2.31. The van der Waals surface area contributed by atoms with E-state index in [4.69, 9.17) is 16.3 Å². The average molecular weight is 604 g/mol. The van der Waals surface area contributed by atoms with E-state index in [2.05, 4.69) is 17.6 Å². The fraction of sp³-hybridized carbons (Fsp3) is 0.531. The minimum Gasteiger partial charge on any atom is -0.444 e. The highest BCUT2D eigenvalue weighted by molar-refractivity contribution is 7.98. The normalized spacial score (nSPS) is 12.8. The fourth-order valence-electron chi connectivity index (χ4n) is 4.53. The largest absolute Gasteiger partial charge is 0.444 e. The number of amides is 3. The molecule has 2 N–H and O–H groups in total. The minimum atomic E-state index is -0.938. The van der Waals surface area contributed by atoms with Gasteiger partial charge in [-0.15, -0.1) is 0 Å². The van der Waals surface area contributed by atoms with Crippen LogP contribution in [0, 0.1) is 20.8 Å². The van der Waals surface area contributed by atoms with Crippen molar-refractivity contribution >= 4 is 47.0 Å². The summed E-state index contributed by atoms with van der Waals surface area (Å²) in [6, 6.07) is 9.54. The highest BCUT2D eigenvalue weighted by atomic mass is 35.5. The van der Waals surface area contributed by atoms with Crippen LogP contribution in [0.3, 0.4) is 0 Å². The van der Waals surface area contributed by atoms with Crippen LogP contribution in [0.4, 0.5) is 10.5 Å². The van der Waals surface area contributed by atoms with Crippen LogP contribution in [-0.4, -0.2) is 53.0 Å². The molecular formula is C32H46ClN3O4S. The van der Waals surface area contributed by atoms with Gasteiger partial charge in [0.25, 0.3) is 5.91 Å². The Bertz CT molecular complexity index is 1180. The van der Waals surface area contributed by atoms with E-state index in [1.807, 2.05) is 57.4 Å². The second-order valence-corrected chi connectivity index (χ2v) is 12.8. The molecule has 0 spiro atoms. The van der Waals surface area contributed by atoms with E-state index in [0.29, 0.717) is 35.8 Å². The van der Waals surface area contributed by atoms with Gasteiger partial charge in [-0.2, -0.15) is 11.8 Å². The number of benzene rings is 2. The zero-order valence-corrected chi connectivity index (χ0v) is 27.3. The molecule has 7 nitrogen and oxygen atoms in total. The maximum Gasteiger partial charge on any atom is 0.408 e. The molecule has 226 valence electrons. The molecule has 2 unspecified atom stereocenters. The zero-order valence-electron chi connectivity index (χ0n) is 25.7. The molecule has 0 aromatic heterocycles. The third kappa shape index (κ3) is 10.6. The van der Waals surface area contributed by atoms with Crippen molar-refractivity contribution < 1.29 is 19.1 Å². The van der Waals surface area contributed by atoms with Gasteiger partial charge >= 0.3 is 6.09 Å². The Labute approximate surface area is 255 Å². The van der Waals surface area contributed by atoms with Crippen LogP contribution < -0.4 is 10.6 Å². The number of aryl methyl sites for hydroxylation is 3. The van der Waals surface area contributed by atoms with Gasteiger partial charge in [-0.05, 0) is 89.1 Å². The SMILES string of the molecule is CCCCCN(C(=O)C(CCSC)NC(=O)OC(C)(C)C)C(C(=O)Nc1c(C)cccc1Cl)c1cc(C)ccc1C. The number of hydrogen-bond donors (Lipinski definition) is 2. The monoisotopic (exact) mass is 603 g/mol. The maximum atomic E-state index is 14.4. The van der Waals surface area contributed by atoms with Crippen LogP contribution in [0.25, 0.3) is 0 Å². The Balaban J connectivity index is 2.62. The molecule has 2 aromatic rings. The van der Waals surface area contributed by atoms with E-state index in [1.54, 1.807) is 43.5 Å². The minimum absolute atomic E-state index is 0.321. The van der Waals surface area contributed by atoms with Crippen LogP contribution in [0.15, 0.2) is 36.4 Å². The number of hydrogen-bond acceptors (Lipinski definition) is 5. The number of carbonyl (C=O) groups excluding carboxylic acids is 3. The van der Waals surface area contributed by atoms with Gasteiger partial charge in [0.05, 0.1) is 10.7 Å². The summed E-state index contributed by atoms with van der Waals surface area (Å²) in [7, 11) is 0. The summed E-state index contributed by atoms with van der Waals surface area (Å²) in [5.74, 6) is -0.0349. The number of unbranched alkanes of at least 4 members (excludes halogenated alkanes) is 2. The van der Waals surface area contributed by atoms with Gasteiger partial charge in [0, 0.05) is 6.54 Å². The Hall–Kier alpha value is -2.71. The van der Waals surface area contributed by atoms with E-state index < -0.39 is 23.8 Å². The Morgan fingerprint density at radius 1 is 1.05 bits per heavy atom. The summed E-state index contributed by atoms with van der Waals surface area (Å²) in [4.78, 5) is 43.0. The predicted molar refractivity (Wildman–Crippen MR) is 171 cm³/mol. The molecular weight excluding hydrogens is 558 g/mol. The molecule has 0 radical (unpaired) electrons. The Morgan fingerprint density at radius 2 is 1.76 bits per heavy atom. The first-order chi connectivity index (χ1) is 19.3. The standard InChI is InChI=1S/C32H46ClN3O4S/c1-9-10-11-18-36(30(38)26(17-19-41-8)34-31(39)40-32(5,6)7)28(24-20-21(2)15-16-22(24)3)29(37)35-27-23(4)13-12-14-25(27)33/h12-16,20,26,28H,9-11,17-19H2,1-8H3,(H,34,39)(H,35,37). The second kappa shape index (κ2) is 16.1. The van der Waals surface area contributed by atoms with Crippen molar-refractivity contribution in [3.63, 3.8) is 0 Å². The number of ether oxygens (including phenoxy) is 1. The molecule has 0 saturated carbocycles. The lowest BCUT2D eigenvalue weighted by Crippen LogP contribution is -2.53. The number of alkyl carbamates (subject to hydrolysis) is 1. The topological polar surface area (TPSA) is 87.7 Å². The number of carbonyl (C=O) groups is 3. The third-order valence-electron chi connectivity index (χ3n) is 6.64. The first-order valence-corrected chi connectivity index (χ1v) is 16.0. The lowest BCUT2D eigenvalue weighted by Gasteiger charge is -2.35. The molecule has 0 bridgehead atoms. The van der Waals surface area contributed by atoms with Crippen molar-refractivity contribution in [2.75, 3.05) is 23.9 Å². The molecule has 2 aromatic carbocycles. The van der Waals surface area contributed by atoms with Gasteiger partial charge in [-0.1, -0.05) is 67.3 Å². The van der Waals surface area contributed by atoms with Crippen LogP contribution >= 0.6 is 23.4 Å². The second-order valence-electron chi connectivity index (χ2n) is 11.4. The van der Waals surface area contributed by atoms with Crippen molar-refractivity contribution in [1.82, 2.24) is 10.2 Å². The van der Waals surface area contributed by atoms with Crippen LogP contribution in [0.2, 0.25) is 5.02 Å². The van der Waals surface area contributed by atoms with Gasteiger partial charge < -0.3 is 20.3 Å². The number of para-hydroxylation sites is 1. The molecule has 2 rings (SSSR count). The van der Waals surface area contributed by atoms with Gasteiger partial charge in [-0.3, -0.25) is 9.59 Å². The molecule has 2 atom stereocenters. The summed E-state index contributed by atoms with van der Waals surface area (Å²) in [6.07, 6.45) is 4.24. The van der Waals surface area contributed by atoms with Gasteiger partial charge in [-0.25, -0.2) is 4.79 Å². The zero-order chi connectivity index (χ0) is 30.7. The van der Waals surface area contributed by atoms with E-state index >= 15 is 0 Å². The first-order valence-electron chi connectivity index (χ1n) is 14.2. The van der Waals surface area contributed by atoms with Gasteiger partial charge in [0.1, 0.15) is 17.7 Å². The van der Waals surface area contributed by atoms with Crippen LogP contribution in [0.5, 0.6) is 0 Å². The smallest absolute Gasteiger partial charge is 0.408 e. The quantitative estimate of drug-likeness (QED) is 0.230. The van der Waals surface area contributed by atoms with Crippen molar-refractivity contribution in [2.24, 2.45) is 0 Å². The molecule has 0 saturated heterocycles. The molecule has 9 heteroatoms. The fourth-order valence-corrected chi connectivity index (χ4v) is 5.27. The Kier molecular flexibility index (Phi) is 13.5. The number of nitrogens with zero attached hydrogens (tertiary/aromatic N) is 1. The number of anilines is 1. The van der Waals surface area contributed by atoms with Crippen molar-refractivity contribution in [1.29, 1.82) is 0 Å². The predicted octanol–water partition coefficient (Wildman–Crippen LogP) is 7.61. The Morgan fingerprint density at radius 3 is 2.37 bits per heavy atom. The van der Waals surface area contributed by atoms with Gasteiger partial charge in [0.15, 0.2) is 0 Å². The summed E-state index contributed by atoms with van der Waals surface area (Å²) >= 11 is 8.07. The van der Waals surface area contributed by atoms with Crippen molar-refractivity contribution in [2.45, 2.75) is 91.8 Å². The number of nitrogens with one attached hydrogen (secondary N) is 2. The molecule has 0 aliphatic rings. The third-order valence-corrected chi connectivity index (χ3v) is 7.60. The van der Waals surface area contributed by atoms with Crippen LogP contribution in [-0.2, 0) is 14.3 Å². The molecule has 0 aliphatic carbocycles. The van der Waals surface area contributed by atoms with Crippen LogP contribution in [0.1, 0.15) is 81.7 Å².